The third-order valence-corrected chi connectivity index (χ3v) is 6.18. The highest BCUT2D eigenvalue weighted by Gasteiger charge is 2.35. The quantitative estimate of drug-likeness (QED) is 0.834. The van der Waals surface area contributed by atoms with Gasteiger partial charge in [-0.15, -0.1) is 0 Å². The maximum atomic E-state index is 6.44. The second kappa shape index (κ2) is 6.36. The third kappa shape index (κ3) is 3.98. The van der Waals surface area contributed by atoms with Gasteiger partial charge in [-0.3, -0.25) is 0 Å². The summed E-state index contributed by atoms with van der Waals surface area (Å²) in [6, 6.07) is 0.434. The van der Waals surface area contributed by atoms with Crippen molar-refractivity contribution in [1.29, 1.82) is 0 Å². The monoisotopic (exact) mass is 280 g/mol. The first-order chi connectivity index (χ1) is 9.27. The Kier molecular flexibility index (Phi) is 5.18. The van der Waals surface area contributed by atoms with Crippen LogP contribution in [-0.4, -0.2) is 30.6 Å². The molecular formula is C18H36N2. The van der Waals surface area contributed by atoms with E-state index in [9.17, 15) is 0 Å². The molecule has 2 fully saturated rings. The lowest BCUT2D eigenvalue weighted by Gasteiger charge is -2.44. The van der Waals surface area contributed by atoms with Crippen LogP contribution in [0.25, 0.3) is 0 Å². The van der Waals surface area contributed by atoms with Crippen LogP contribution in [0.3, 0.4) is 0 Å². The van der Waals surface area contributed by atoms with Crippen molar-refractivity contribution in [3.05, 3.63) is 0 Å². The van der Waals surface area contributed by atoms with Crippen LogP contribution in [0, 0.1) is 29.1 Å². The smallest absolute Gasteiger partial charge is 0.00795 e. The number of piperidine rings is 1. The van der Waals surface area contributed by atoms with Crippen molar-refractivity contribution < 1.29 is 0 Å². The zero-order valence-electron chi connectivity index (χ0n) is 14.4. The maximum absolute atomic E-state index is 6.44. The molecule has 2 aliphatic rings. The molecule has 2 heteroatoms. The highest BCUT2D eigenvalue weighted by atomic mass is 15.1. The fraction of sp³-hybridized carbons (Fsp3) is 1.00. The van der Waals surface area contributed by atoms with Gasteiger partial charge in [0.2, 0.25) is 0 Å². The number of hydrogen-bond donors (Lipinski definition) is 1. The van der Waals surface area contributed by atoms with Gasteiger partial charge >= 0.3 is 0 Å². The fourth-order valence-electron chi connectivity index (χ4n) is 4.13. The Morgan fingerprint density at radius 2 is 1.75 bits per heavy atom. The molecule has 1 aliphatic heterocycles. The lowest BCUT2D eigenvalue weighted by Crippen LogP contribution is -2.48. The van der Waals surface area contributed by atoms with Crippen LogP contribution in [0.15, 0.2) is 0 Å². The van der Waals surface area contributed by atoms with E-state index >= 15 is 0 Å². The van der Waals surface area contributed by atoms with Crippen molar-refractivity contribution in [2.75, 3.05) is 19.6 Å². The minimum atomic E-state index is 0.434. The van der Waals surface area contributed by atoms with Gasteiger partial charge in [0.25, 0.3) is 0 Å². The zero-order chi connectivity index (χ0) is 14.9. The minimum absolute atomic E-state index is 0.434. The molecule has 1 saturated heterocycles. The molecule has 2 nitrogen and oxygen atoms in total. The summed E-state index contributed by atoms with van der Waals surface area (Å²) in [5, 5.41) is 0. The summed E-state index contributed by atoms with van der Waals surface area (Å²) >= 11 is 0. The van der Waals surface area contributed by atoms with Gasteiger partial charge in [0.15, 0.2) is 0 Å². The van der Waals surface area contributed by atoms with Gasteiger partial charge in [-0.1, -0.05) is 34.6 Å². The Labute approximate surface area is 126 Å². The summed E-state index contributed by atoms with van der Waals surface area (Å²) in [5.41, 5.74) is 6.88. The van der Waals surface area contributed by atoms with Crippen molar-refractivity contribution in [3.8, 4) is 0 Å². The summed E-state index contributed by atoms with van der Waals surface area (Å²) < 4.78 is 0. The molecule has 0 aromatic heterocycles. The van der Waals surface area contributed by atoms with Crippen LogP contribution in [0.2, 0.25) is 0 Å². The van der Waals surface area contributed by atoms with Crippen LogP contribution < -0.4 is 5.73 Å². The average molecular weight is 280 g/mol. The predicted molar refractivity (Wildman–Crippen MR) is 87.6 cm³/mol. The molecule has 0 spiro atoms. The van der Waals surface area contributed by atoms with E-state index < -0.39 is 0 Å². The number of hydrogen-bond acceptors (Lipinski definition) is 2. The standard InChI is InChI=1S/C18H36N2/c1-13-8-9-20(11-14(13)2)12-15-10-16(18(3,4)5)6-7-17(15)19/h13-17H,6-12,19H2,1-5H3. The average Bonchev–Trinajstić information content (AvgIpc) is 2.35. The van der Waals surface area contributed by atoms with Crippen molar-refractivity contribution in [1.82, 2.24) is 4.90 Å². The molecule has 1 aliphatic carbocycles. The second-order valence-electron chi connectivity index (χ2n) is 8.80. The summed E-state index contributed by atoms with van der Waals surface area (Å²) in [6.07, 6.45) is 5.26. The molecule has 0 radical (unpaired) electrons. The Bertz CT molecular complexity index is 307. The summed E-state index contributed by atoms with van der Waals surface area (Å²) in [6.45, 7) is 15.8. The molecule has 0 bridgehead atoms. The molecule has 118 valence electrons. The van der Waals surface area contributed by atoms with Crippen molar-refractivity contribution in [2.45, 2.75) is 66.3 Å². The van der Waals surface area contributed by atoms with Crippen molar-refractivity contribution >= 4 is 0 Å². The summed E-state index contributed by atoms with van der Waals surface area (Å²) in [7, 11) is 0. The normalized spacial score (nSPS) is 40.8. The van der Waals surface area contributed by atoms with E-state index in [-0.39, 0.29) is 0 Å². The molecule has 20 heavy (non-hydrogen) atoms. The highest BCUT2D eigenvalue weighted by Crippen LogP contribution is 2.40. The molecule has 2 rings (SSSR count). The SMILES string of the molecule is CC1CCN(CC2CC(C(C)(C)C)CCC2N)CC1C. The van der Waals surface area contributed by atoms with Crippen LogP contribution in [-0.2, 0) is 0 Å². The molecule has 0 aromatic carbocycles. The van der Waals surface area contributed by atoms with Crippen LogP contribution in [0.5, 0.6) is 0 Å². The molecule has 0 amide bonds. The van der Waals surface area contributed by atoms with E-state index in [0.717, 1.165) is 17.8 Å². The van der Waals surface area contributed by atoms with Gasteiger partial charge in [0, 0.05) is 19.1 Å². The molecular weight excluding hydrogens is 244 g/mol. The van der Waals surface area contributed by atoms with E-state index in [4.69, 9.17) is 5.73 Å². The summed E-state index contributed by atoms with van der Waals surface area (Å²) in [4.78, 5) is 2.69. The third-order valence-electron chi connectivity index (χ3n) is 6.18. The lowest BCUT2D eigenvalue weighted by molar-refractivity contribution is 0.0712. The summed E-state index contributed by atoms with van der Waals surface area (Å²) in [5.74, 6) is 3.32. The fourth-order valence-corrected chi connectivity index (χ4v) is 4.13. The first kappa shape index (κ1) is 16.3. The van der Waals surface area contributed by atoms with Gasteiger partial charge in [-0.25, -0.2) is 0 Å². The van der Waals surface area contributed by atoms with Crippen molar-refractivity contribution in [3.63, 3.8) is 0 Å². The molecule has 1 heterocycles. The van der Waals surface area contributed by atoms with Crippen LogP contribution in [0.1, 0.15) is 60.3 Å². The Balaban J connectivity index is 1.90. The lowest BCUT2D eigenvalue weighted by atomic mass is 9.67. The molecule has 0 aromatic rings. The van der Waals surface area contributed by atoms with Gasteiger partial charge in [0.1, 0.15) is 0 Å². The van der Waals surface area contributed by atoms with E-state index in [1.807, 2.05) is 0 Å². The molecule has 2 N–H and O–H groups in total. The Hall–Kier alpha value is -0.0800. The Morgan fingerprint density at radius 1 is 1.05 bits per heavy atom. The number of rotatable bonds is 2. The van der Waals surface area contributed by atoms with Crippen LogP contribution in [0.4, 0.5) is 0 Å². The number of likely N-dealkylation sites (tertiary alicyclic amines) is 1. The zero-order valence-corrected chi connectivity index (χ0v) is 14.4. The number of nitrogens with two attached hydrogens (primary N) is 1. The van der Waals surface area contributed by atoms with Gasteiger partial charge in [0.05, 0.1) is 0 Å². The van der Waals surface area contributed by atoms with Gasteiger partial charge in [-0.2, -0.15) is 0 Å². The van der Waals surface area contributed by atoms with E-state index in [0.29, 0.717) is 17.4 Å². The first-order valence-corrected chi connectivity index (χ1v) is 8.75. The molecule has 5 unspecified atom stereocenters. The van der Waals surface area contributed by atoms with E-state index in [1.54, 1.807) is 0 Å². The van der Waals surface area contributed by atoms with Crippen LogP contribution >= 0.6 is 0 Å². The molecule has 5 atom stereocenters. The second-order valence-corrected chi connectivity index (χ2v) is 8.80. The molecule has 1 saturated carbocycles. The van der Waals surface area contributed by atoms with Crippen molar-refractivity contribution in [2.24, 2.45) is 34.8 Å². The Morgan fingerprint density at radius 3 is 2.35 bits per heavy atom. The van der Waals surface area contributed by atoms with Gasteiger partial charge in [-0.05, 0) is 61.3 Å². The van der Waals surface area contributed by atoms with Gasteiger partial charge < -0.3 is 10.6 Å². The van der Waals surface area contributed by atoms with E-state index in [2.05, 4.69) is 39.5 Å². The first-order valence-electron chi connectivity index (χ1n) is 8.75. The van der Waals surface area contributed by atoms with E-state index in [1.165, 1.54) is 45.3 Å². The largest absolute Gasteiger partial charge is 0.327 e. The predicted octanol–water partition coefficient (Wildman–Crippen LogP) is 3.75. The highest BCUT2D eigenvalue weighted by molar-refractivity contribution is 4.89. The minimum Gasteiger partial charge on any atom is -0.327 e. The topological polar surface area (TPSA) is 29.3 Å². The maximum Gasteiger partial charge on any atom is 0.00795 e. The number of nitrogens with zero attached hydrogens (tertiary/aromatic N) is 1.